The molecule has 3 heterocycles. The zero-order chi connectivity index (χ0) is 17.3. The smallest absolute Gasteiger partial charge is 0.320 e. The molecule has 0 bridgehead atoms. The Labute approximate surface area is 140 Å². The van der Waals surface area contributed by atoms with E-state index < -0.39 is 15.8 Å². The molecule has 1 atom stereocenters. The Morgan fingerprint density at radius 2 is 2.08 bits per heavy atom. The Hall–Kier alpha value is -2.48. The first-order valence-electron chi connectivity index (χ1n) is 7.55. The molecule has 0 fully saturated rings. The molecule has 0 radical (unpaired) electrons. The normalized spacial score (nSPS) is 16.3. The van der Waals surface area contributed by atoms with Crippen molar-refractivity contribution in [1.82, 2.24) is 9.97 Å². The second kappa shape index (κ2) is 6.20. The zero-order valence-electron chi connectivity index (χ0n) is 13.4. The number of nitrogens with zero attached hydrogens (tertiary/aromatic N) is 3. The Bertz CT molecular complexity index is 895. The van der Waals surface area contributed by atoms with Gasteiger partial charge in [-0.2, -0.15) is 0 Å². The molecule has 0 spiro atoms. The van der Waals surface area contributed by atoms with E-state index in [1.807, 2.05) is 12.1 Å². The molecule has 0 saturated carbocycles. The van der Waals surface area contributed by atoms with Crippen LogP contribution in [-0.2, 0) is 21.9 Å². The average Bonchev–Trinajstić information content (AvgIpc) is 2.52. The first kappa shape index (κ1) is 16.4. The molecule has 0 aliphatic carbocycles. The van der Waals surface area contributed by atoms with Gasteiger partial charge in [-0.15, -0.1) is 0 Å². The van der Waals surface area contributed by atoms with E-state index in [9.17, 15) is 9.00 Å². The zero-order valence-corrected chi connectivity index (χ0v) is 14.2. The number of aryl methyl sites for hydroxylation is 1. The number of hydrogen-bond acceptors (Lipinski definition) is 5. The Balaban J connectivity index is 1.97. The van der Waals surface area contributed by atoms with Crippen molar-refractivity contribution in [3.05, 3.63) is 41.9 Å². The Morgan fingerprint density at radius 1 is 1.33 bits per heavy atom. The quantitative estimate of drug-likeness (QED) is 0.887. The molecule has 0 aromatic carbocycles. The van der Waals surface area contributed by atoms with Gasteiger partial charge < -0.3 is 5.73 Å². The third-order valence-corrected chi connectivity index (χ3v) is 4.75. The van der Waals surface area contributed by atoms with Gasteiger partial charge in [0.05, 0.1) is 5.75 Å². The Morgan fingerprint density at radius 3 is 2.79 bits per heavy atom. The van der Waals surface area contributed by atoms with Gasteiger partial charge in [-0.1, -0.05) is 0 Å². The summed E-state index contributed by atoms with van der Waals surface area (Å²) in [4.78, 5) is 21.6. The second-order valence-electron chi connectivity index (χ2n) is 6.03. The molecular formula is C16H19N5O2S. The molecule has 1 aliphatic rings. The lowest BCUT2D eigenvalue weighted by Gasteiger charge is -2.26. The van der Waals surface area contributed by atoms with E-state index in [1.54, 1.807) is 18.6 Å². The molecule has 1 aliphatic heterocycles. The molecule has 1 unspecified atom stereocenters. The summed E-state index contributed by atoms with van der Waals surface area (Å²) in [5, 5.41) is 0. The van der Waals surface area contributed by atoms with Crippen LogP contribution in [0.3, 0.4) is 0 Å². The Kier molecular flexibility index (Phi) is 4.23. The van der Waals surface area contributed by atoms with E-state index in [4.69, 9.17) is 10.5 Å². The SMILES string of the molecule is CS(=N)(=O)Cc1cncc(-c2cnc3c(c2)CCCN3C(N)=O)c1. The van der Waals surface area contributed by atoms with Gasteiger partial charge in [0.15, 0.2) is 0 Å². The van der Waals surface area contributed by atoms with Gasteiger partial charge in [0.2, 0.25) is 0 Å². The number of primary amides is 1. The van der Waals surface area contributed by atoms with Crippen LogP contribution in [0.15, 0.2) is 30.7 Å². The number of nitrogens with two attached hydrogens (primary N) is 1. The van der Waals surface area contributed by atoms with Gasteiger partial charge in [0.25, 0.3) is 0 Å². The van der Waals surface area contributed by atoms with Crippen molar-refractivity contribution in [2.45, 2.75) is 18.6 Å². The average molecular weight is 345 g/mol. The molecule has 3 N–H and O–H groups in total. The summed E-state index contributed by atoms with van der Waals surface area (Å²) >= 11 is 0. The van der Waals surface area contributed by atoms with Crippen LogP contribution in [0.2, 0.25) is 0 Å². The van der Waals surface area contributed by atoms with E-state index in [0.29, 0.717) is 12.4 Å². The topological polar surface area (TPSA) is 113 Å². The van der Waals surface area contributed by atoms with Crippen molar-refractivity contribution in [3.63, 3.8) is 0 Å². The molecule has 0 saturated heterocycles. The predicted octanol–water partition coefficient (Wildman–Crippen LogP) is 2.15. The number of carbonyl (C=O) groups is 1. The van der Waals surface area contributed by atoms with Gasteiger partial charge in [-0.05, 0) is 36.1 Å². The van der Waals surface area contributed by atoms with Crippen molar-refractivity contribution >= 4 is 21.6 Å². The standard InChI is InChI=1S/C16H19N5O2S/c1-24(18,23)10-11-5-13(8-19-7-11)14-6-12-3-2-4-21(16(17)22)15(12)20-9-14/h5-9,18H,2-4,10H2,1H3,(H2,17,22). The maximum atomic E-state index is 11.7. The van der Waals surface area contributed by atoms with E-state index in [2.05, 4.69) is 9.97 Å². The predicted molar refractivity (Wildman–Crippen MR) is 93.2 cm³/mol. The van der Waals surface area contributed by atoms with Crippen LogP contribution < -0.4 is 10.6 Å². The third kappa shape index (κ3) is 3.53. The first-order chi connectivity index (χ1) is 11.3. The van der Waals surface area contributed by atoms with Crippen LogP contribution in [0, 0.1) is 4.78 Å². The van der Waals surface area contributed by atoms with Crippen LogP contribution in [0.5, 0.6) is 0 Å². The summed E-state index contributed by atoms with van der Waals surface area (Å²) in [5.74, 6) is 0.783. The van der Waals surface area contributed by atoms with E-state index >= 15 is 0 Å². The first-order valence-corrected chi connectivity index (χ1v) is 9.69. The fourth-order valence-corrected chi connectivity index (χ4v) is 3.67. The van der Waals surface area contributed by atoms with Crippen molar-refractivity contribution in [2.75, 3.05) is 17.7 Å². The summed E-state index contributed by atoms with van der Waals surface area (Å²) in [5.41, 5.74) is 8.86. The number of rotatable bonds is 3. The molecular weight excluding hydrogens is 326 g/mol. The maximum absolute atomic E-state index is 11.7. The minimum absolute atomic E-state index is 0.168. The monoisotopic (exact) mass is 345 g/mol. The lowest BCUT2D eigenvalue weighted by Crippen LogP contribution is -2.40. The lowest BCUT2D eigenvalue weighted by molar-refractivity contribution is 0.253. The highest BCUT2D eigenvalue weighted by atomic mass is 32.2. The number of fused-ring (bicyclic) bond motifs is 1. The number of aromatic nitrogens is 2. The summed E-state index contributed by atoms with van der Waals surface area (Å²) in [6.45, 7) is 0.583. The molecule has 3 rings (SSSR count). The summed E-state index contributed by atoms with van der Waals surface area (Å²) in [7, 11) is -2.62. The second-order valence-corrected chi connectivity index (χ2v) is 8.33. The van der Waals surface area contributed by atoms with Crippen molar-refractivity contribution < 1.29 is 9.00 Å². The van der Waals surface area contributed by atoms with Crippen molar-refractivity contribution in [3.8, 4) is 11.1 Å². The van der Waals surface area contributed by atoms with Crippen LogP contribution in [0.1, 0.15) is 17.5 Å². The number of nitrogens with one attached hydrogen (secondary N) is 1. The van der Waals surface area contributed by atoms with Crippen molar-refractivity contribution in [2.24, 2.45) is 5.73 Å². The van der Waals surface area contributed by atoms with Gasteiger partial charge >= 0.3 is 6.03 Å². The van der Waals surface area contributed by atoms with E-state index in [-0.39, 0.29) is 5.75 Å². The van der Waals surface area contributed by atoms with Crippen LogP contribution >= 0.6 is 0 Å². The molecule has 2 amide bonds. The highest BCUT2D eigenvalue weighted by molar-refractivity contribution is 7.90. The van der Waals surface area contributed by atoms with Crippen LogP contribution in [0.4, 0.5) is 10.6 Å². The van der Waals surface area contributed by atoms with Gasteiger partial charge in [-0.3, -0.25) is 14.7 Å². The molecule has 24 heavy (non-hydrogen) atoms. The minimum Gasteiger partial charge on any atom is -0.351 e. The highest BCUT2D eigenvalue weighted by Gasteiger charge is 2.22. The minimum atomic E-state index is -2.62. The summed E-state index contributed by atoms with van der Waals surface area (Å²) in [6, 6.07) is 3.37. The van der Waals surface area contributed by atoms with Crippen molar-refractivity contribution in [1.29, 1.82) is 4.78 Å². The molecule has 7 nitrogen and oxygen atoms in total. The number of hydrogen-bond donors (Lipinski definition) is 2. The van der Waals surface area contributed by atoms with Gasteiger partial charge in [-0.25, -0.2) is 14.0 Å². The van der Waals surface area contributed by atoms with E-state index in [0.717, 1.165) is 35.1 Å². The van der Waals surface area contributed by atoms with Gasteiger partial charge in [0.1, 0.15) is 5.82 Å². The van der Waals surface area contributed by atoms with E-state index in [1.165, 1.54) is 11.2 Å². The van der Waals surface area contributed by atoms with Crippen LogP contribution in [0.25, 0.3) is 11.1 Å². The lowest BCUT2D eigenvalue weighted by atomic mass is 10.0. The number of urea groups is 1. The third-order valence-electron chi connectivity index (χ3n) is 3.86. The number of anilines is 1. The maximum Gasteiger partial charge on any atom is 0.320 e. The number of carbonyl (C=O) groups excluding carboxylic acids is 1. The molecule has 2 aromatic rings. The fourth-order valence-electron chi connectivity index (χ4n) is 2.88. The summed E-state index contributed by atoms with van der Waals surface area (Å²) < 4.78 is 19.2. The van der Waals surface area contributed by atoms with Gasteiger partial charge in [0, 0.05) is 52.2 Å². The number of amides is 2. The van der Waals surface area contributed by atoms with Crippen LogP contribution in [-0.4, -0.2) is 33.0 Å². The fraction of sp³-hybridized carbons (Fsp3) is 0.312. The molecule has 8 heteroatoms. The molecule has 126 valence electrons. The summed E-state index contributed by atoms with van der Waals surface area (Å²) in [6.07, 6.45) is 8.12. The largest absolute Gasteiger partial charge is 0.351 e. The highest BCUT2D eigenvalue weighted by Crippen LogP contribution is 2.29. The molecule has 2 aromatic heterocycles. The number of pyridine rings is 2.